The van der Waals surface area contributed by atoms with Crippen molar-refractivity contribution in [3.8, 4) is 0 Å². The number of likely N-dealkylation sites (N-methyl/N-ethyl adjacent to an activating group) is 1. The molecule has 0 aliphatic carbocycles. The number of benzene rings is 1. The van der Waals surface area contributed by atoms with E-state index in [9.17, 15) is 4.79 Å². The van der Waals surface area contributed by atoms with Crippen LogP contribution in [0.5, 0.6) is 0 Å². The fourth-order valence-electron chi connectivity index (χ4n) is 1.95. The second-order valence-electron chi connectivity index (χ2n) is 4.12. The molecule has 0 spiro atoms. The molecule has 1 fully saturated rings. The van der Waals surface area contributed by atoms with Gasteiger partial charge in [0, 0.05) is 23.7 Å². The minimum Gasteiger partial charge on any atom is -0.367 e. The molecule has 1 aromatic carbocycles. The maximum absolute atomic E-state index is 12.2. The van der Waals surface area contributed by atoms with Crippen LogP contribution in [0, 0.1) is 0 Å². The predicted octanol–water partition coefficient (Wildman–Crippen LogP) is 2.24. The molecule has 4 heteroatoms. The van der Waals surface area contributed by atoms with Crippen molar-refractivity contribution in [1.29, 1.82) is 0 Å². The van der Waals surface area contributed by atoms with E-state index in [1.165, 1.54) is 0 Å². The first kappa shape index (κ1) is 12.6. The molecule has 0 aromatic heterocycles. The molecule has 0 bridgehead atoms. The summed E-state index contributed by atoms with van der Waals surface area (Å²) >= 11 is 5.80. The molecule has 1 saturated heterocycles. The van der Waals surface area contributed by atoms with E-state index in [0.717, 1.165) is 13.1 Å². The van der Waals surface area contributed by atoms with E-state index in [-0.39, 0.29) is 11.9 Å². The van der Waals surface area contributed by atoms with Gasteiger partial charge in [0.2, 0.25) is 0 Å². The van der Waals surface area contributed by atoms with Crippen molar-refractivity contribution in [3.05, 3.63) is 34.9 Å². The van der Waals surface area contributed by atoms with E-state index in [4.69, 9.17) is 16.3 Å². The Kier molecular flexibility index (Phi) is 4.15. The average Bonchev–Trinajstić information content (AvgIpc) is 2.39. The number of morpholine rings is 1. The second-order valence-corrected chi connectivity index (χ2v) is 4.56. The SMILES string of the molecule is CCN1CCOC(C(=O)c2ccc(Cl)cc2)C1. The smallest absolute Gasteiger partial charge is 0.192 e. The van der Waals surface area contributed by atoms with Gasteiger partial charge in [0.25, 0.3) is 0 Å². The number of halogens is 1. The topological polar surface area (TPSA) is 29.5 Å². The number of rotatable bonds is 3. The van der Waals surface area contributed by atoms with Crippen LogP contribution >= 0.6 is 11.6 Å². The molecule has 1 heterocycles. The normalized spacial score (nSPS) is 21.4. The van der Waals surface area contributed by atoms with Crippen LogP contribution in [0.15, 0.2) is 24.3 Å². The van der Waals surface area contributed by atoms with Crippen LogP contribution in [0.25, 0.3) is 0 Å². The summed E-state index contributed by atoms with van der Waals surface area (Å²) < 4.78 is 5.53. The molecule has 0 saturated carbocycles. The van der Waals surface area contributed by atoms with E-state index >= 15 is 0 Å². The summed E-state index contributed by atoms with van der Waals surface area (Å²) in [4.78, 5) is 14.4. The quantitative estimate of drug-likeness (QED) is 0.774. The Labute approximate surface area is 106 Å². The number of carbonyl (C=O) groups excluding carboxylic acids is 1. The Balaban J connectivity index is 2.06. The van der Waals surface area contributed by atoms with E-state index in [0.29, 0.717) is 23.7 Å². The number of Topliss-reactive ketones (excluding diaryl/α,β-unsaturated/α-hetero) is 1. The summed E-state index contributed by atoms with van der Waals surface area (Å²) in [6.07, 6.45) is -0.343. The monoisotopic (exact) mass is 253 g/mol. The third-order valence-corrected chi connectivity index (χ3v) is 3.27. The van der Waals surface area contributed by atoms with Crippen LogP contribution in [-0.2, 0) is 4.74 Å². The number of carbonyl (C=O) groups is 1. The highest BCUT2D eigenvalue weighted by atomic mass is 35.5. The molecule has 3 nitrogen and oxygen atoms in total. The van der Waals surface area contributed by atoms with Crippen LogP contribution in [0.4, 0.5) is 0 Å². The molecule has 0 N–H and O–H groups in total. The van der Waals surface area contributed by atoms with Crippen LogP contribution < -0.4 is 0 Å². The molecule has 1 atom stereocenters. The lowest BCUT2D eigenvalue weighted by molar-refractivity contribution is -0.0148. The molecule has 1 unspecified atom stereocenters. The van der Waals surface area contributed by atoms with E-state index in [1.807, 2.05) is 0 Å². The highest BCUT2D eigenvalue weighted by Crippen LogP contribution is 2.14. The van der Waals surface area contributed by atoms with Gasteiger partial charge in [0.1, 0.15) is 6.10 Å². The molecular weight excluding hydrogens is 238 g/mol. The van der Waals surface area contributed by atoms with Gasteiger partial charge in [-0.2, -0.15) is 0 Å². The van der Waals surface area contributed by atoms with Gasteiger partial charge in [-0.25, -0.2) is 0 Å². The Hall–Kier alpha value is -0.900. The van der Waals surface area contributed by atoms with Gasteiger partial charge in [-0.3, -0.25) is 9.69 Å². The minimum atomic E-state index is -0.343. The zero-order valence-corrected chi connectivity index (χ0v) is 10.6. The fraction of sp³-hybridized carbons (Fsp3) is 0.462. The summed E-state index contributed by atoms with van der Waals surface area (Å²) in [7, 11) is 0. The summed E-state index contributed by atoms with van der Waals surface area (Å²) in [5, 5.41) is 0.640. The number of ketones is 1. The number of ether oxygens (including phenoxy) is 1. The molecule has 92 valence electrons. The van der Waals surface area contributed by atoms with Gasteiger partial charge in [-0.15, -0.1) is 0 Å². The Morgan fingerprint density at radius 2 is 2.18 bits per heavy atom. The standard InChI is InChI=1S/C13H16ClNO2/c1-2-15-7-8-17-12(9-15)13(16)10-3-5-11(14)6-4-10/h3-6,12H,2,7-9H2,1H3. The maximum Gasteiger partial charge on any atom is 0.192 e. The lowest BCUT2D eigenvalue weighted by atomic mass is 10.1. The fourth-order valence-corrected chi connectivity index (χ4v) is 2.07. The first-order chi connectivity index (χ1) is 8.20. The second kappa shape index (κ2) is 5.63. The van der Waals surface area contributed by atoms with E-state index < -0.39 is 0 Å². The van der Waals surface area contributed by atoms with Crippen LogP contribution in [0.3, 0.4) is 0 Å². The van der Waals surface area contributed by atoms with Gasteiger partial charge in [-0.05, 0) is 30.8 Å². The van der Waals surface area contributed by atoms with Crippen molar-refractivity contribution in [2.24, 2.45) is 0 Å². The van der Waals surface area contributed by atoms with Crippen LogP contribution in [-0.4, -0.2) is 43.0 Å². The molecule has 0 amide bonds. The number of hydrogen-bond acceptors (Lipinski definition) is 3. The van der Waals surface area contributed by atoms with Crippen molar-refractivity contribution in [3.63, 3.8) is 0 Å². The summed E-state index contributed by atoms with van der Waals surface area (Å²) in [6.45, 7) is 5.25. The highest BCUT2D eigenvalue weighted by Gasteiger charge is 2.26. The van der Waals surface area contributed by atoms with Crippen molar-refractivity contribution in [2.75, 3.05) is 26.2 Å². The van der Waals surface area contributed by atoms with Crippen molar-refractivity contribution >= 4 is 17.4 Å². The van der Waals surface area contributed by atoms with E-state index in [2.05, 4.69) is 11.8 Å². The van der Waals surface area contributed by atoms with Crippen molar-refractivity contribution in [2.45, 2.75) is 13.0 Å². The van der Waals surface area contributed by atoms with Gasteiger partial charge in [0.05, 0.1) is 6.61 Å². The van der Waals surface area contributed by atoms with Gasteiger partial charge >= 0.3 is 0 Å². The van der Waals surface area contributed by atoms with Gasteiger partial charge in [0.15, 0.2) is 5.78 Å². The van der Waals surface area contributed by atoms with Crippen LogP contribution in [0.1, 0.15) is 17.3 Å². The predicted molar refractivity (Wildman–Crippen MR) is 67.6 cm³/mol. The highest BCUT2D eigenvalue weighted by molar-refractivity contribution is 6.30. The Bertz CT molecular complexity index is 391. The molecule has 2 rings (SSSR count). The molecule has 1 aliphatic heterocycles. The Morgan fingerprint density at radius 3 is 2.82 bits per heavy atom. The summed E-state index contributed by atoms with van der Waals surface area (Å²) in [5.74, 6) is 0.0415. The first-order valence-corrected chi connectivity index (χ1v) is 6.22. The summed E-state index contributed by atoms with van der Waals surface area (Å²) in [5.41, 5.74) is 0.664. The molecule has 17 heavy (non-hydrogen) atoms. The number of hydrogen-bond donors (Lipinski definition) is 0. The lowest BCUT2D eigenvalue weighted by Crippen LogP contribution is -2.45. The van der Waals surface area contributed by atoms with Crippen molar-refractivity contribution < 1.29 is 9.53 Å². The van der Waals surface area contributed by atoms with Gasteiger partial charge in [-0.1, -0.05) is 18.5 Å². The lowest BCUT2D eigenvalue weighted by Gasteiger charge is -2.31. The zero-order chi connectivity index (χ0) is 12.3. The van der Waals surface area contributed by atoms with Gasteiger partial charge < -0.3 is 4.74 Å². The summed E-state index contributed by atoms with van der Waals surface area (Å²) in [6, 6.07) is 6.96. The molecule has 0 radical (unpaired) electrons. The molecule has 1 aromatic rings. The Morgan fingerprint density at radius 1 is 1.47 bits per heavy atom. The number of nitrogens with zero attached hydrogens (tertiary/aromatic N) is 1. The third kappa shape index (κ3) is 3.06. The first-order valence-electron chi connectivity index (χ1n) is 5.84. The molecule has 1 aliphatic rings. The van der Waals surface area contributed by atoms with Crippen molar-refractivity contribution in [1.82, 2.24) is 4.90 Å². The molecular formula is C13H16ClNO2. The third-order valence-electron chi connectivity index (χ3n) is 3.02. The van der Waals surface area contributed by atoms with Crippen LogP contribution in [0.2, 0.25) is 5.02 Å². The minimum absolute atomic E-state index is 0.0415. The maximum atomic E-state index is 12.2. The average molecular weight is 254 g/mol. The van der Waals surface area contributed by atoms with E-state index in [1.54, 1.807) is 24.3 Å². The largest absolute Gasteiger partial charge is 0.367 e. The zero-order valence-electron chi connectivity index (χ0n) is 9.86.